The van der Waals surface area contributed by atoms with Crippen LogP contribution in [0.2, 0.25) is 0 Å². The van der Waals surface area contributed by atoms with E-state index in [2.05, 4.69) is 20.8 Å². The third-order valence-electron chi connectivity index (χ3n) is 3.50. The average Bonchev–Trinajstić information content (AvgIpc) is 2.35. The van der Waals surface area contributed by atoms with Gasteiger partial charge in [0.25, 0.3) is 0 Å². The van der Waals surface area contributed by atoms with E-state index in [1.165, 1.54) is 0 Å². The van der Waals surface area contributed by atoms with Crippen molar-refractivity contribution in [2.45, 2.75) is 27.2 Å². The van der Waals surface area contributed by atoms with Crippen molar-refractivity contribution in [3.05, 3.63) is 23.3 Å². The molecule has 1 rings (SSSR count). The first kappa shape index (κ1) is 14.8. The second-order valence-electron chi connectivity index (χ2n) is 5.02. The molecule has 3 heteroatoms. The van der Waals surface area contributed by atoms with Crippen molar-refractivity contribution in [3.63, 3.8) is 0 Å². The lowest BCUT2D eigenvalue weighted by atomic mass is 9.88. The van der Waals surface area contributed by atoms with E-state index >= 15 is 0 Å². The van der Waals surface area contributed by atoms with Crippen LogP contribution in [0.15, 0.2) is 12.1 Å². The molecular weight excluding hydrogens is 228 g/mol. The van der Waals surface area contributed by atoms with Crippen LogP contribution in [0.4, 0.5) is 0 Å². The SMILES string of the molecule is COc1cc(C)c(CC(CO)C(C)C)c(OC)c1. The molecule has 0 fully saturated rings. The molecule has 3 nitrogen and oxygen atoms in total. The van der Waals surface area contributed by atoms with Gasteiger partial charge in [-0.1, -0.05) is 13.8 Å². The summed E-state index contributed by atoms with van der Waals surface area (Å²) in [4.78, 5) is 0. The first-order chi connectivity index (χ1) is 8.53. The largest absolute Gasteiger partial charge is 0.497 e. The number of ether oxygens (including phenoxy) is 2. The molecule has 1 unspecified atom stereocenters. The first-order valence-corrected chi connectivity index (χ1v) is 6.35. The fourth-order valence-corrected chi connectivity index (χ4v) is 2.09. The molecule has 102 valence electrons. The minimum atomic E-state index is 0.201. The average molecular weight is 252 g/mol. The van der Waals surface area contributed by atoms with E-state index in [1.54, 1.807) is 14.2 Å². The van der Waals surface area contributed by atoms with Gasteiger partial charge in [0.05, 0.1) is 14.2 Å². The van der Waals surface area contributed by atoms with Gasteiger partial charge in [-0.15, -0.1) is 0 Å². The van der Waals surface area contributed by atoms with E-state index in [9.17, 15) is 5.11 Å². The number of aliphatic hydroxyl groups excluding tert-OH is 1. The molecule has 0 spiro atoms. The van der Waals surface area contributed by atoms with Crippen LogP contribution in [0, 0.1) is 18.8 Å². The summed E-state index contributed by atoms with van der Waals surface area (Å²) in [5.41, 5.74) is 2.30. The van der Waals surface area contributed by atoms with Gasteiger partial charge in [0, 0.05) is 12.7 Å². The number of aryl methyl sites for hydroxylation is 1. The van der Waals surface area contributed by atoms with Gasteiger partial charge in [-0.3, -0.25) is 0 Å². The lowest BCUT2D eigenvalue weighted by Gasteiger charge is -2.21. The molecule has 0 amide bonds. The second kappa shape index (κ2) is 6.64. The predicted octanol–water partition coefficient (Wildman–Crippen LogP) is 2.82. The Morgan fingerprint density at radius 1 is 1.17 bits per heavy atom. The number of methoxy groups -OCH3 is 2. The van der Waals surface area contributed by atoms with E-state index in [4.69, 9.17) is 9.47 Å². The number of aliphatic hydroxyl groups is 1. The molecule has 0 saturated heterocycles. The van der Waals surface area contributed by atoms with Gasteiger partial charge in [-0.05, 0) is 42.4 Å². The summed E-state index contributed by atoms with van der Waals surface area (Å²) < 4.78 is 10.7. The maximum absolute atomic E-state index is 9.45. The number of hydrogen-bond donors (Lipinski definition) is 1. The fourth-order valence-electron chi connectivity index (χ4n) is 2.09. The van der Waals surface area contributed by atoms with Crippen LogP contribution in [0.25, 0.3) is 0 Å². The highest BCUT2D eigenvalue weighted by Gasteiger charge is 2.18. The molecule has 0 aliphatic rings. The van der Waals surface area contributed by atoms with Crippen LogP contribution < -0.4 is 9.47 Å². The molecule has 1 N–H and O–H groups in total. The Kier molecular flexibility index (Phi) is 5.48. The molecule has 1 aromatic rings. The third kappa shape index (κ3) is 3.39. The standard InChI is InChI=1S/C15H24O3/c1-10(2)12(9-16)7-14-11(3)6-13(17-4)8-15(14)18-5/h6,8,10,12,16H,7,9H2,1-5H3. The normalized spacial score (nSPS) is 12.6. The Labute approximate surface area is 110 Å². The van der Waals surface area contributed by atoms with Crippen molar-refractivity contribution < 1.29 is 14.6 Å². The van der Waals surface area contributed by atoms with Gasteiger partial charge in [0.15, 0.2) is 0 Å². The Morgan fingerprint density at radius 2 is 1.83 bits per heavy atom. The van der Waals surface area contributed by atoms with Gasteiger partial charge < -0.3 is 14.6 Å². The highest BCUT2D eigenvalue weighted by atomic mass is 16.5. The summed E-state index contributed by atoms with van der Waals surface area (Å²) in [7, 11) is 3.32. The topological polar surface area (TPSA) is 38.7 Å². The molecule has 0 heterocycles. The van der Waals surface area contributed by atoms with Crippen LogP contribution in [-0.2, 0) is 6.42 Å². The van der Waals surface area contributed by atoms with Crippen LogP contribution in [-0.4, -0.2) is 25.9 Å². The zero-order valence-corrected chi connectivity index (χ0v) is 12.0. The van der Waals surface area contributed by atoms with Crippen molar-refractivity contribution >= 4 is 0 Å². The first-order valence-electron chi connectivity index (χ1n) is 6.35. The van der Waals surface area contributed by atoms with E-state index in [1.807, 2.05) is 12.1 Å². The van der Waals surface area contributed by atoms with Crippen molar-refractivity contribution in [1.29, 1.82) is 0 Å². The molecule has 0 aromatic heterocycles. The minimum absolute atomic E-state index is 0.201. The summed E-state index contributed by atoms with van der Waals surface area (Å²) in [5, 5.41) is 9.45. The zero-order chi connectivity index (χ0) is 13.7. The Balaban J connectivity index is 3.07. The molecular formula is C15H24O3. The van der Waals surface area contributed by atoms with E-state index < -0.39 is 0 Å². The monoisotopic (exact) mass is 252 g/mol. The summed E-state index contributed by atoms with van der Waals surface area (Å²) >= 11 is 0. The summed E-state index contributed by atoms with van der Waals surface area (Å²) in [6, 6.07) is 3.91. The lowest BCUT2D eigenvalue weighted by molar-refractivity contribution is 0.188. The third-order valence-corrected chi connectivity index (χ3v) is 3.50. The second-order valence-corrected chi connectivity index (χ2v) is 5.02. The van der Waals surface area contributed by atoms with Crippen LogP contribution in [0.5, 0.6) is 11.5 Å². The Bertz CT molecular complexity index is 386. The smallest absolute Gasteiger partial charge is 0.126 e. The number of hydrogen-bond acceptors (Lipinski definition) is 3. The maximum atomic E-state index is 9.45. The van der Waals surface area contributed by atoms with Gasteiger partial charge in [-0.2, -0.15) is 0 Å². The molecule has 1 aromatic carbocycles. The van der Waals surface area contributed by atoms with Crippen LogP contribution >= 0.6 is 0 Å². The van der Waals surface area contributed by atoms with Crippen LogP contribution in [0.1, 0.15) is 25.0 Å². The van der Waals surface area contributed by atoms with E-state index in [-0.39, 0.29) is 12.5 Å². The number of benzene rings is 1. The van der Waals surface area contributed by atoms with Crippen molar-refractivity contribution in [1.82, 2.24) is 0 Å². The molecule has 0 aliphatic heterocycles. The van der Waals surface area contributed by atoms with Gasteiger partial charge in [0.1, 0.15) is 11.5 Å². The van der Waals surface area contributed by atoms with Crippen molar-refractivity contribution in [2.75, 3.05) is 20.8 Å². The maximum Gasteiger partial charge on any atom is 0.126 e. The quantitative estimate of drug-likeness (QED) is 0.846. The lowest BCUT2D eigenvalue weighted by Crippen LogP contribution is -2.17. The minimum Gasteiger partial charge on any atom is -0.497 e. The van der Waals surface area contributed by atoms with E-state index in [0.717, 1.165) is 29.0 Å². The van der Waals surface area contributed by atoms with Crippen molar-refractivity contribution in [3.8, 4) is 11.5 Å². The molecule has 0 bridgehead atoms. The highest BCUT2D eigenvalue weighted by Crippen LogP contribution is 2.31. The van der Waals surface area contributed by atoms with Crippen molar-refractivity contribution in [2.24, 2.45) is 11.8 Å². The molecule has 0 aliphatic carbocycles. The predicted molar refractivity (Wildman–Crippen MR) is 73.4 cm³/mol. The van der Waals surface area contributed by atoms with Gasteiger partial charge >= 0.3 is 0 Å². The molecule has 18 heavy (non-hydrogen) atoms. The molecule has 1 atom stereocenters. The highest BCUT2D eigenvalue weighted by molar-refractivity contribution is 5.46. The summed E-state index contributed by atoms with van der Waals surface area (Å²) in [5.74, 6) is 2.34. The summed E-state index contributed by atoms with van der Waals surface area (Å²) in [6.45, 7) is 6.51. The Morgan fingerprint density at radius 3 is 2.28 bits per heavy atom. The van der Waals surface area contributed by atoms with Crippen LogP contribution in [0.3, 0.4) is 0 Å². The van der Waals surface area contributed by atoms with Gasteiger partial charge in [0.2, 0.25) is 0 Å². The fraction of sp³-hybridized carbons (Fsp3) is 0.600. The Hall–Kier alpha value is -1.22. The zero-order valence-electron chi connectivity index (χ0n) is 12.0. The molecule has 0 radical (unpaired) electrons. The van der Waals surface area contributed by atoms with Gasteiger partial charge in [-0.25, -0.2) is 0 Å². The molecule has 0 saturated carbocycles. The van der Waals surface area contributed by atoms with E-state index in [0.29, 0.717) is 5.92 Å². The summed E-state index contributed by atoms with van der Waals surface area (Å²) in [6.07, 6.45) is 0.827. The number of rotatable bonds is 6.